The van der Waals surface area contributed by atoms with Crippen molar-refractivity contribution in [2.45, 2.75) is 12.5 Å². The molecule has 0 spiro atoms. The molecule has 96 valence electrons. The van der Waals surface area contributed by atoms with Crippen molar-refractivity contribution >= 4 is 43.9 Å². The van der Waals surface area contributed by atoms with Crippen LogP contribution in [0.2, 0.25) is 0 Å². The zero-order valence-electron chi connectivity index (χ0n) is 9.25. The molecule has 5 nitrogen and oxygen atoms in total. The van der Waals surface area contributed by atoms with Crippen molar-refractivity contribution in [2.75, 3.05) is 6.61 Å². The van der Waals surface area contributed by atoms with Crippen LogP contribution in [0.4, 0.5) is 0 Å². The van der Waals surface area contributed by atoms with Crippen LogP contribution in [0.3, 0.4) is 0 Å². The van der Waals surface area contributed by atoms with Crippen LogP contribution >= 0.6 is 22.7 Å². The van der Waals surface area contributed by atoms with E-state index >= 15 is 0 Å². The molecule has 0 bridgehead atoms. The summed E-state index contributed by atoms with van der Waals surface area (Å²) >= 11 is 2.86. The van der Waals surface area contributed by atoms with E-state index < -0.39 is 17.9 Å². The highest BCUT2D eigenvalue weighted by Crippen LogP contribution is 2.29. The Hall–Kier alpha value is -1.44. The standard InChI is InChI=1S/C11H11NO4S2/c13-3-1-6(11(15)16)12-10(14)9-5-8-7(18-9)2-4-17-8/h2,4-6,13H,1,3H2,(H,12,14)(H,15,16)/t6-/m1/s1. The smallest absolute Gasteiger partial charge is 0.326 e. The Labute approximate surface area is 111 Å². The molecule has 1 amide bonds. The lowest BCUT2D eigenvalue weighted by molar-refractivity contribution is -0.139. The largest absolute Gasteiger partial charge is 0.480 e. The lowest BCUT2D eigenvalue weighted by atomic mass is 10.2. The summed E-state index contributed by atoms with van der Waals surface area (Å²) in [5.74, 6) is -1.56. The number of fused-ring (bicyclic) bond motifs is 1. The molecule has 3 N–H and O–H groups in total. The molecule has 0 saturated carbocycles. The minimum absolute atomic E-state index is 0.000809. The Morgan fingerprint density at radius 2 is 2.17 bits per heavy atom. The number of hydrogen-bond acceptors (Lipinski definition) is 5. The molecule has 0 aliphatic rings. The molecule has 1 atom stereocenters. The van der Waals surface area contributed by atoms with Gasteiger partial charge in [0.25, 0.3) is 5.91 Å². The van der Waals surface area contributed by atoms with Crippen LogP contribution < -0.4 is 5.32 Å². The quantitative estimate of drug-likeness (QED) is 0.777. The third-order valence-corrected chi connectivity index (χ3v) is 4.48. The predicted molar refractivity (Wildman–Crippen MR) is 70.3 cm³/mol. The van der Waals surface area contributed by atoms with Crippen molar-refractivity contribution in [1.82, 2.24) is 5.32 Å². The summed E-state index contributed by atoms with van der Waals surface area (Å²) in [7, 11) is 0. The molecule has 0 unspecified atom stereocenters. The van der Waals surface area contributed by atoms with Crippen LogP contribution in [-0.4, -0.2) is 34.7 Å². The van der Waals surface area contributed by atoms with Gasteiger partial charge in [-0.05, 0) is 17.5 Å². The number of carbonyl (C=O) groups is 2. The van der Waals surface area contributed by atoms with Gasteiger partial charge in [0, 0.05) is 22.4 Å². The van der Waals surface area contributed by atoms with Crippen LogP contribution in [0.15, 0.2) is 17.5 Å². The lowest BCUT2D eigenvalue weighted by Crippen LogP contribution is -2.41. The molecular formula is C11H11NO4S2. The van der Waals surface area contributed by atoms with Gasteiger partial charge in [0.05, 0.1) is 4.88 Å². The van der Waals surface area contributed by atoms with Gasteiger partial charge in [-0.15, -0.1) is 22.7 Å². The van der Waals surface area contributed by atoms with Gasteiger partial charge >= 0.3 is 5.97 Å². The number of thiophene rings is 2. The number of amides is 1. The van der Waals surface area contributed by atoms with E-state index in [1.165, 1.54) is 22.7 Å². The first-order chi connectivity index (χ1) is 8.61. The average molecular weight is 285 g/mol. The van der Waals surface area contributed by atoms with Crippen LogP contribution in [0.5, 0.6) is 0 Å². The molecule has 7 heteroatoms. The average Bonchev–Trinajstić information content (AvgIpc) is 2.87. The Morgan fingerprint density at radius 3 is 2.78 bits per heavy atom. The zero-order chi connectivity index (χ0) is 13.1. The minimum atomic E-state index is -1.14. The van der Waals surface area contributed by atoms with Gasteiger partial charge in [-0.2, -0.15) is 0 Å². The number of carboxylic acid groups (broad SMARTS) is 1. The van der Waals surface area contributed by atoms with Crippen LogP contribution in [0, 0.1) is 0 Å². The number of aliphatic carboxylic acids is 1. The molecule has 2 aromatic heterocycles. The maximum atomic E-state index is 11.9. The van der Waals surface area contributed by atoms with Gasteiger partial charge in [-0.25, -0.2) is 4.79 Å². The Balaban J connectivity index is 2.11. The summed E-state index contributed by atoms with van der Waals surface area (Å²) in [4.78, 5) is 23.2. The van der Waals surface area contributed by atoms with E-state index in [1.807, 2.05) is 11.4 Å². The van der Waals surface area contributed by atoms with E-state index in [-0.39, 0.29) is 13.0 Å². The van der Waals surface area contributed by atoms with Crippen molar-refractivity contribution in [2.24, 2.45) is 0 Å². The van der Waals surface area contributed by atoms with Crippen molar-refractivity contribution in [1.29, 1.82) is 0 Å². The number of aliphatic hydroxyl groups is 1. The second-order valence-electron chi connectivity index (χ2n) is 3.64. The van der Waals surface area contributed by atoms with E-state index in [2.05, 4.69) is 5.32 Å². The third-order valence-electron chi connectivity index (χ3n) is 2.38. The van der Waals surface area contributed by atoms with Gasteiger partial charge in [-0.1, -0.05) is 0 Å². The monoisotopic (exact) mass is 285 g/mol. The fourth-order valence-corrected chi connectivity index (χ4v) is 3.51. The molecule has 2 rings (SSSR count). The topological polar surface area (TPSA) is 86.6 Å². The SMILES string of the molecule is O=C(N[C@H](CCO)C(=O)O)c1cc2sccc2s1. The number of carbonyl (C=O) groups excluding carboxylic acids is 1. The summed E-state index contributed by atoms with van der Waals surface area (Å²) in [6.45, 7) is -0.281. The van der Waals surface area contributed by atoms with Gasteiger partial charge < -0.3 is 15.5 Å². The zero-order valence-corrected chi connectivity index (χ0v) is 10.9. The summed E-state index contributed by atoms with van der Waals surface area (Å²) in [6, 6.07) is 2.62. The fourth-order valence-electron chi connectivity index (χ4n) is 1.49. The molecule has 2 heterocycles. The maximum absolute atomic E-state index is 11.9. The molecule has 0 aliphatic carbocycles. The third kappa shape index (κ3) is 2.69. The minimum Gasteiger partial charge on any atom is -0.480 e. The molecular weight excluding hydrogens is 274 g/mol. The van der Waals surface area contributed by atoms with Crippen molar-refractivity contribution < 1.29 is 19.8 Å². The highest BCUT2D eigenvalue weighted by molar-refractivity contribution is 7.27. The van der Waals surface area contributed by atoms with E-state index in [0.717, 1.165) is 9.40 Å². The van der Waals surface area contributed by atoms with Gasteiger partial charge in [0.15, 0.2) is 0 Å². The van der Waals surface area contributed by atoms with Gasteiger partial charge in [-0.3, -0.25) is 4.79 Å². The maximum Gasteiger partial charge on any atom is 0.326 e. The number of hydrogen-bond donors (Lipinski definition) is 3. The van der Waals surface area contributed by atoms with Crippen molar-refractivity contribution in [3.8, 4) is 0 Å². The van der Waals surface area contributed by atoms with Crippen LogP contribution in [0.25, 0.3) is 9.40 Å². The predicted octanol–water partition coefficient (Wildman–Crippen LogP) is 1.53. The lowest BCUT2D eigenvalue weighted by Gasteiger charge is -2.11. The summed E-state index contributed by atoms with van der Waals surface area (Å²) in [5, 5.41) is 22.0. The highest BCUT2D eigenvalue weighted by atomic mass is 32.1. The first-order valence-corrected chi connectivity index (χ1v) is 6.93. The van der Waals surface area contributed by atoms with Crippen molar-refractivity contribution in [3.05, 3.63) is 22.4 Å². The Kier molecular flexibility index (Phi) is 3.95. The Morgan fingerprint density at radius 1 is 1.39 bits per heavy atom. The number of nitrogens with one attached hydrogen (secondary N) is 1. The van der Waals surface area contributed by atoms with Crippen molar-refractivity contribution in [3.63, 3.8) is 0 Å². The molecule has 0 fully saturated rings. The summed E-state index contributed by atoms with van der Waals surface area (Å²) in [5.41, 5.74) is 0. The Bertz CT molecular complexity index is 546. The number of aliphatic hydroxyl groups excluding tert-OH is 1. The molecule has 2 aromatic rings. The number of carboxylic acids is 1. The van der Waals surface area contributed by atoms with E-state index in [9.17, 15) is 9.59 Å². The summed E-state index contributed by atoms with van der Waals surface area (Å²) in [6.07, 6.45) is 0.000809. The fraction of sp³-hybridized carbons (Fsp3) is 0.273. The van der Waals surface area contributed by atoms with E-state index in [1.54, 1.807) is 6.07 Å². The highest BCUT2D eigenvalue weighted by Gasteiger charge is 2.21. The van der Waals surface area contributed by atoms with Crippen LogP contribution in [-0.2, 0) is 4.79 Å². The van der Waals surface area contributed by atoms with Crippen LogP contribution in [0.1, 0.15) is 16.1 Å². The van der Waals surface area contributed by atoms with E-state index in [0.29, 0.717) is 4.88 Å². The second kappa shape index (κ2) is 5.47. The van der Waals surface area contributed by atoms with E-state index in [4.69, 9.17) is 10.2 Å². The molecule has 0 saturated heterocycles. The summed E-state index contributed by atoms with van der Waals surface area (Å²) < 4.78 is 2.03. The van der Waals surface area contributed by atoms with Gasteiger partial charge in [0.2, 0.25) is 0 Å². The first-order valence-electron chi connectivity index (χ1n) is 5.23. The molecule has 18 heavy (non-hydrogen) atoms. The first kappa shape index (κ1) is 13.0. The second-order valence-corrected chi connectivity index (χ2v) is 5.67. The number of rotatable bonds is 5. The molecule has 0 aromatic carbocycles. The van der Waals surface area contributed by atoms with Gasteiger partial charge in [0.1, 0.15) is 6.04 Å². The molecule has 0 radical (unpaired) electrons. The normalized spacial score (nSPS) is 12.5. The molecule has 0 aliphatic heterocycles.